The van der Waals surface area contributed by atoms with Crippen molar-refractivity contribution in [3.63, 3.8) is 0 Å². The SMILES string of the molecule is Cc1ccc(C)c(Oc2cc(NC(=O)Cn3nc(C(F)(F)F)cc3C)cc([N+](=O)[O-])c2)c1. The first-order valence-electron chi connectivity index (χ1n) is 9.38. The summed E-state index contributed by atoms with van der Waals surface area (Å²) < 4.78 is 45.1. The number of benzene rings is 2. The van der Waals surface area contributed by atoms with Gasteiger partial charge in [0, 0.05) is 17.8 Å². The highest BCUT2D eigenvalue weighted by Crippen LogP contribution is 2.32. The number of amides is 1. The molecule has 3 aromatic rings. The topological polar surface area (TPSA) is 99.3 Å². The Balaban J connectivity index is 1.83. The smallest absolute Gasteiger partial charge is 0.435 e. The monoisotopic (exact) mass is 448 g/mol. The number of nitrogens with one attached hydrogen (secondary N) is 1. The second-order valence-corrected chi connectivity index (χ2v) is 7.22. The molecule has 0 aliphatic rings. The summed E-state index contributed by atoms with van der Waals surface area (Å²) in [5.41, 5.74) is 0.510. The summed E-state index contributed by atoms with van der Waals surface area (Å²) in [6.07, 6.45) is -4.63. The summed E-state index contributed by atoms with van der Waals surface area (Å²) in [7, 11) is 0. The summed E-state index contributed by atoms with van der Waals surface area (Å²) in [6, 6.07) is 10.1. The molecule has 2 aromatic carbocycles. The van der Waals surface area contributed by atoms with E-state index in [1.54, 1.807) is 6.07 Å². The normalized spacial score (nSPS) is 11.3. The lowest BCUT2D eigenvalue weighted by molar-refractivity contribution is -0.384. The number of non-ortho nitro benzene ring substituents is 1. The van der Waals surface area contributed by atoms with E-state index in [1.807, 2.05) is 26.0 Å². The van der Waals surface area contributed by atoms with Crippen LogP contribution in [0.15, 0.2) is 42.5 Å². The van der Waals surface area contributed by atoms with Gasteiger partial charge in [0.1, 0.15) is 18.0 Å². The van der Waals surface area contributed by atoms with Crippen molar-refractivity contribution in [3.8, 4) is 11.5 Å². The maximum Gasteiger partial charge on any atom is 0.435 e. The van der Waals surface area contributed by atoms with Crippen LogP contribution in [-0.2, 0) is 17.5 Å². The number of rotatable bonds is 6. The van der Waals surface area contributed by atoms with E-state index in [0.29, 0.717) is 5.75 Å². The van der Waals surface area contributed by atoms with E-state index in [9.17, 15) is 28.1 Å². The van der Waals surface area contributed by atoms with Gasteiger partial charge in [-0.05, 0) is 44.0 Å². The van der Waals surface area contributed by atoms with Crippen LogP contribution in [0.4, 0.5) is 24.5 Å². The minimum atomic E-state index is -4.63. The van der Waals surface area contributed by atoms with Crippen LogP contribution in [-0.4, -0.2) is 20.6 Å². The van der Waals surface area contributed by atoms with Crippen molar-refractivity contribution in [2.45, 2.75) is 33.5 Å². The van der Waals surface area contributed by atoms with Gasteiger partial charge in [-0.1, -0.05) is 12.1 Å². The third-order valence-electron chi connectivity index (χ3n) is 4.52. The number of ether oxygens (including phenoxy) is 1. The van der Waals surface area contributed by atoms with Crippen molar-refractivity contribution < 1.29 is 27.6 Å². The van der Waals surface area contributed by atoms with Gasteiger partial charge in [-0.25, -0.2) is 0 Å². The van der Waals surface area contributed by atoms with E-state index in [0.717, 1.165) is 27.9 Å². The molecule has 0 fully saturated rings. The molecular formula is C21H19F3N4O4. The quantitative estimate of drug-likeness (QED) is 0.415. The van der Waals surface area contributed by atoms with Crippen LogP contribution in [0.25, 0.3) is 0 Å². The third kappa shape index (κ3) is 5.42. The lowest BCUT2D eigenvalue weighted by atomic mass is 10.1. The lowest BCUT2D eigenvalue weighted by Crippen LogP contribution is -2.21. The minimum Gasteiger partial charge on any atom is -0.457 e. The summed E-state index contributed by atoms with van der Waals surface area (Å²) in [6.45, 7) is 4.57. The average molecular weight is 448 g/mol. The Morgan fingerprint density at radius 1 is 1.16 bits per heavy atom. The summed E-state index contributed by atoms with van der Waals surface area (Å²) in [5.74, 6) is -0.0874. The van der Waals surface area contributed by atoms with Gasteiger partial charge in [-0.15, -0.1) is 0 Å². The Kier molecular flexibility index (Phi) is 6.19. The molecule has 1 aromatic heterocycles. The average Bonchev–Trinajstić information content (AvgIpc) is 3.05. The van der Waals surface area contributed by atoms with Crippen molar-refractivity contribution in [2.75, 3.05) is 5.32 Å². The molecule has 32 heavy (non-hydrogen) atoms. The summed E-state index contributed by atoms with van der Waals surface area (Å²) in [4.78, 5) is 23.1. The van der Waals surface area contributed by atoms with Crippen LogP contribution in [0, 0.1) is 30.9 Å². The standard InChI is InChI=1S/C21H19F3N4O4/c1-12-4-5-13(2)18(6-12)32-17-9-15(8-16(10-17)28(30)31)25-20(29)11-27-14(3)7-19(26-27)21(22,23)24/h4-10H,11H2,1-3H3,(H,25,29). The maximum absolute atomic E-state index is 12.8. The van der Waals surface area contributed by atoms with Crippen molar-refractivity contribution >= 4 is 17.3 Å². The Morgan fingerprint density at radius 2 is 1.88 bits per heavy atom. The van der Waals surface area contributed by atoms with Gasteiger partial charge in [0.2, 0.25) is 5.91 Å². The second-order valence-electron chi connectivity index (χ2n) is 7.22. The summed E-state index contributed by atoms with van der Waals surface area (Å²) >= 11 is 0. The number of hydrogen-bond acceptors (Lipinski definition) is 5. The van der Waals surface area contributed by atoms with Crippen LogP contribution in [0.3, 0.4) is 0 Å². The largest absolute Gasteiger partial charge is 0.457 e. The highest BCUT2D eigenvalue weighted by molar-refractivity contribution is 5.91. The van der Waals surface area contributed by atoms with E-state index >= 15 is 0 Å². The zero-order valence-corrected chi connectivity index (χ0v) is 17.4. The van der Waals surface area contributed by atoms with E-state index in [1.165, 1.54) is 19.1 Å². The first-order chi connectivity index (χ1) is 14.9. The molecule has 3 rings (SSSR count). The van der Waals surface area contributed by atoms with Crippen molar-refractivity contribution in [1.29, 1.82) is 0 Å². The number of carbonyl (C=O) groups is 1. The predicted molar refractivity (Wildman–Crippen MR) is 110 cm³/mol. The lowest BCUT2D eigenvalue weighted by Gasteiger charge is -2.12. The van der Waals surface area contributed by atoms with Gasteiger partial charge in [0.25, 0.3) is 5.69 Å². The number of nitrogens with zero attached hydrogens (tertiary/aromatic N) is 3. The van der Waals surface area contributed by atoms with Crippen LogP contribution in [0.2, 0.25) is 0 Å². The molecule has 0 saturated carbocycles. The molecule has 0 aliphatic carbocycles. The fourth-order valence-corrected chi connectivity index (χ4v) is 2.91. The van der Waals surface area contributed by atoms with Gasteiger partial charge >= 0.3 is 6.18 Å². The van der Waals surface area contributed by atoms with Gasteiger partial charge in [0.05, 0.1) is 16.7 Å². The number of halogens is 3. The molecule has 8 nitrogen and oxygen atoms in total. The Hall–Kier alpha value is -3.89. The Morgan fingerprint density at radius 3 is 2.50 bits per heavy atom. The number of nitro benzene ring substituents is 1. The molecule has 0 spiro atoms. The maximum atomic E-state index is 12.8. The van der Waals surface area contributed by atoms with Crippen molar-refractivity contribution in [2.24, 2.45) is 0 Å². The summed E-state index contributed by atoms with van der Waals surface area (Å²) in [5, 5.41) is 17.2. The number of alkyl halides is 3. The molecule has 11 heteroatoms. The van der Waals surface area contributed by atoms with Crippen LogP contribution in [0.1, 0.15) is 22.5 Å². The van der Waals surface area contributed by atoms with E-state index in [4.69, 9.17) is 4.74 Å². The number of nitro groups is 1. The molecule has 0 saturated heterocycles. The van der Waals surface area contributed by atoms with Gasteiger partial charge in [-0.2, -0.15) is 18.3 Å². The van der Waals surface area contributed by atoms with Crippen LogP contribution < -0.4 is 10.1 Å². The van der Waals surface area contributed by atoms with Gasteiger partial charge in [-0.3, -0.25) is 19.6 Å². The fraction of sp³-hybridized carbons (Fsp3) is 0.238. The molecule has 0 atom stereocenters. The highest BCUT2D eigenvalue weighted by atomic mass is 19.4. The zero-order valence-electron chi connectivity index (χ0n) is 17.4. The molecule has 0 aliphatic heterocycles. The third-order valence-corrected chi connectivity index (χ3v) is 4.52. The fourth-order valence-electron chi connectivity index (χ4n) is 2.91. The first kappa shape index (κ1) is 22.8. The van der Waals surface area contributed by atoms with E-state index in [2.05, 4.69) is 10.4 Å². The number of aromatic nitrogens is 2. The molecular weight excluding hydrogens is 429 g/mol. The molecule has 1 N–H and O–H groups in total. The van der Waals surface area contributed by atoms with Gasteiger partial charge < -0.3 is 10.1 Å². The van der Waals surface area contributed by atoms with Crippen molar-refractivity contribution in [3.05, 3.63) is 75.1 Å². The van der Waals surface area contributed by atoms with Crippen LogP contribution >= 0.6 is 0 Å². The number of aryl methyl sites for hydroxylation is 3. The zero-order chi connectivity index (χ0) is 23.6. The van der Waals surface area contributed by atoms with Gasteiger partial charge in [0.15, 0.2) is 5.69 Å². The first-order valence-corrected chi connectivity index (χ1v) is 9.38. The number of anilines is 1. The molecule has 0 unspecified atom stereocenters. The van der Waals surface area contributed by atoms with E-state index in [-0.39, 0.29) is 22.8 Å². The Labute approximate surface area is 180 Å². The van der Waals surface area contributed by atoms with Crippen molar-refractivity contribution in [1.82, 2.24) is 9.78 Å². The second kappa shape index (κ2) is 8.69. The molecule has 0 bridgehead atoms. The molecule has 1 heterocycles. The molecule has 0 radical (unpaired) electrons. The minimum absolute atomic E-state index is 0.0605. The molecule has 1 amide bonds. The molecule has 168 valence electrons. The predicted octanol–water partition coefficient (Wildman–Crippen LogP) is 5.17. The highest BCUT2D eigenvalue weighted by Gasteiger charge is 2.34. The number of carbonyl (C=O) groups excluding carboxylic acids is 1. The van der Waals surface area contributed by atoms with E-state index < -0.39 is 29.2 Å². The Bertz CT molecular complexity index is 1190. The number of hydrogen-bond donors (Lipinski definition) is 1. The van der Waals surface area contributed by atoms with Crippen LogP contribution in [0.5, 0.6) is 11.5 Å².